The summed E-state index contributed by atoms with van der Waals surface area (Å²) >= 11 is 0. The first-order valence-corrected chi connectivity index (χ1v) is 11.6. The van der Waals surface area contributed by atoms with Crippen LogP contribution in [0.15, 0.2) is 23.8 Å². The number of methoxy groups -OCH3 is 1. The van der Waals surface area contributed by atoms with E-state index in [4.69, 9.17) is 14.2 Å². The van der Waals surface area contributed by atoms with Crippen molar-refractivity contribution >= 4 is 5.97 Å². The van der Waals surface area contributed by atoms with Gasteiger partial charge in [-0.3, -0.25) is 4.79 Å². The number of esters is 1. The molecule has 4 bridgehead atoms. The number of ether oxygens (including phenoxy) is 3. The number of hydrogen-bond donors (Lipinski definition) is 4. The van der Waals surface area contributed by atoms with Crippen LogP contribution in [0.3, 0.4) is 0 Å². The van der Waals surface area contributed by atoms with E-state index >= 15 is 0 Å². The van der Waals surface area contributed by atoms with Crippen LogP contribution in [0.25, 0.3) is 0 Å². The number of hydrogen-bond acceptors (Lipinski definition) is 8. The van der Waals surface area contributed by atoms with Crippen molar-refractivity contribution in [1.82, 2.24) is 0 Å². The second-order valence-corrected chi connectivity index (χ2v) is 9.86. The Morgan fingerprint density at radius 3 is 2.59 bits per heavy atom. The minimum Gasteiger partial charge on any atom is -0.459 e. The highest BCUT2D eigenvalue weighted by molar-refractivity contribution is 5.74. The maximum absolute atomic E-state index is 13.4. The van der Waals surface area contributed by atoms with Gasteiger partial charge in [-0.15, -0.1) is 0 Å². The smallest absolute Gasteiger partial charge is 0.312 e. The molecule has 0 aromatic heterocycles. The fourth-order valence-electron chi connectivity index (χ4n) is 6.80. The highest BCUT2D eigenvalue weighted by Gasteiger charge is 2.69. The summed E-state index contributed by atoms with van der Waals surface area (Å²) in [5.41, 5.74) is -0.182. The fraction of sp³-hybridized carbons (Fsp3) is 0.792. The Bertz CT molecular complexity index is 780. The van der Waals surface area contributed by atoms with Gasteiger partial charge >= 0.3 is 5.97 Å². The molecule has 0 aromatic carbocycles. The van der Waals surface area contributed by atoms with Gasteiger partial charge in [-0.05, 0) is 18.9 Å². The summed E-state index contributed by atoms with van der Waals surface area (Å²) < 4.78 is 17.8. The van der Waals surface area contributed by atoms with Crippen molar-refractivity contribution in [2.75, 3.05) is 20.3 Å². The van der Waals surface area contributed by atoms with Crippen LogP contribution in [-0.4, -0.2) is 82.8 Å². The molecule has 1 spiro atoms. The van der Waals surface area contributed by atoms with Crippen molar-refractivity contribution in [3.8, 4) is 0 Å². The monoisotopic (exact) mass is 452 g/mol. The van der Waals surface area contributed by atoms with E-state index in [1.807, 2.05) is 39.0 Å². The minimum atomic E-state index is -1.23. The van der Waals surface area contributed by atoms with E-state index in [0.29, 0.717) is 6.42 Å². The summed E-state index contributed by atoms with van der Waals surface area (Å²) in [5.74, 6) is -2.99. The van der Waals surface area contributed by atoms with Crippen molar-refractivity contribution in [1.29, 1.82) is 0 Å². The minimum absolute atomic E-state index is 0.0699. The quantitative estimate of drug-likeness (QED) is 0.350. The molecule has 8 nitrogen and oxygen atoms in total. The van der Waals surface area contributed by atoms with E-state index in [1.165, 1.54) is 7.11 Å². The summed E-state index contributed by atoms with van der Waals surface area (Å²) in [4.78, 5) is 13.4. The van der Waals surface area contributed by atoms with Gasteiger partial charge in [0.15, 0.2) is 0 Å². The van der Waals surface area contributed by atoms with E-state index in [-0.39, 0.29) is 24.4 Å². The van der Waals surface area contributed by atoms with E-state index in [9.17, 15) is 25.2 Å². The Morgan fingerprint density at radius 2 is 1.97 bits per heavy atom. The molecule has 0 unspecified atom stereocenters. The molecule has 32 heavy (non-hydrogen) atoms. The molecule has 0 aromatic rings. The van der Waals surface area contributed by atoms with E-state index in [1.54, 1.807) is 0 Å². The molecule has 0 amide bonds. The van der Waals surface area contributed by atoms with Crippen LogP contribution in [0.2, 0.25) is 0 Å². The first-order chi connectivity index (χ1) is 15.2. The van der Waals surface area contributed by atoms with Gasteiger partial charge in [0.2, 0.25) is 0 Å². The van der Waals surface area contributed by atoms with Gasteiger partial charge in [0.1, 0.15) is 17.8 Å². The molecule has 1 saturated heterocycles. The zero-order valence-electron chi connectivity index (χ0n) is 19.1. The van der Waals surface area contributed by atoms with Crippen molar-refractivity contribution in [3.63, 3.8) is 0 Å². The number of rotatable bonds is 5. The molecule has 4 rings (SSSR count). The third-order valence-electron chi connectivity index (χ3n) is 8.26. The van der Waals surface area contributed by atoms with Gasteiger partial charge in [-0.25, -0.2) is 0 Å². The number of carbonyl (C=O) groups excluding carboxylic acids is 1. The van der Waals surface area contributed by atoms with Gasteiger partial charge in [-0.1, -0.05) is 32.1 Å². The predicted molar refractivity (Wildman–Crippen MR) is 114 cm³/mol. The zero-order valence-corrected chi connectivity index (χ0v) is 19.1. The third-order valence-corrected chi connectivity index (χ3v) is 8.26. The lowest BCUT2D eigenvalue weighted by molar-refractivity contribution is -0.172. The number of aliphatic hydroxyl groups is 4. The van der Waals surface area contributed by atoms with Gasteiger partial charge in [0.05, 0.1) is 37.4 Å². The van der Waals surface area contributed by atoms with Gasteiger partial charge < -0.3 is 34.6 Å². The van der Waals surface area contributed by atoms with Crippen LogP contribution in [0.4, 0.5) is 0 Å². The second kappa shape index (κ2) is 8.81. The van der Waals surface area contributed by atoms with Gasteiger partial charge in [0, 0.05) is 36.7 Å². The molecule has 2 aliphatic heterocycles. The maximum Gasteiger partial charge on any atom is 0.312 e. The van der Waals surface area contributed by atoms with Gasteiger partial charge in [0.25, 0.3) is 0 Å². The molecule has 2 aliphatic carbocycles. The Morgan fingerprint density at radius 1 is 1.25 bits per heavy atom. The van der Waals surface area contributed by atoms with Crippen LogP contribution in [0, 0.1) is 35.5 Å². The third kappa shape index (κ3) is 3.30. The number of aliphatic hydroxyl groups excluding tert-OH is 4. The molecule has 180 valence electrons. The first kappa shape index (κ1) is 23.9. The Hall–Kier alpha value is -1.29. The van der Waals surface area contributed by atoms with Crippen molar-refractivity contribution < 1.29 is 39.4 Å². The fourth-order valence-corrected chi connectivity index (χ4v) is 6.80. The van der Waals surface area contributed by atoms with Crippen molar-refractivity contribution in [2.45, 2.75) is 63.3 Å². The van der Waals surface area contributed by atoms with Crippen LogP contribution >= 0.6 is 0 Å². The lowest BCUT2D eigenvalue weighted by Gasteiger charge is -2.49. The average Bonchev–Trinajstić information content (AvgIpc) is 2.97. The highest BCUT2D eigenvalue weighted by Crippen LogP contribution is 2.61. The summed E-state index contributed by atoms with van der Waals surface area (Å²) in [5, 5.41) is 42.3. The van der Waals surface area contributed by atoms with E-state index in [0.717, 1.165) is 5.57 Å². The Balaban J connectivity index is 1.89. The summed E-state index contributed by atoms with van der Waals surface area (Å²) in [6.07, 6.45) is 2.18. The van der Waals surface area contributed by atoms with Crippen LogP contribution in [0.5, 0.6) is 0 Å². The molecule has 0 radical (unpaired) electrons. The number of carbonyl (C=O) groups is 1. The van der Waals surface area contributed by atoms with E-state index in [2.05, 4.69) is 0 Å². The van der Waals surface area contributed by atoms with Gasteiger partial charge in [-0.2, -0.15) is 0 Å². The lowest BCUT2D eigenvalue weighted by Crippen LogP contribution is -2.58. The highest BCUT2D eigenvalue weighted by atomic mass is 16.6. The number of cyclic esters (lactones) is 1. The zero-order chi connectivity index (χ0) is 23.4. The Kier molecular flexibility index (Phi) is 6.57. The summed E-state index contributed by atoms with van der Waals surface area (Å²) in [6.45, 7) is 5.22. The normalized spacial score (nSPS) is 50.4. The molecule has 4 aliphatic rings. The van der Waals surface area contributed by atoms with Crippen molar-refractivity contribution in [2.24, 2.45) is 35.5 Å². The first-order valence-electron chi connectivity index (χ1n) is 11.6. The van der Waals surface area contributed by atoms with Crippen LogP contribution in [-0.2, 0) is 19.0 Å². The SMILES string of the molecule is CC[C@H]1[C@@H](O)[C@@H]2O[C@]34/C(C)=C\[C@@H](C)[C@@H]([C@H](O)CO)OC(=O)[C@@H](COC)[C@H]3C=C[C@@H]2[C@H]4[C@@H]1O. The molecule has 12 atom stereocenters. The lowest BCUT2D eigenvalue weighted by atomic mass is 9.56. The Labute approximate surface area is 188 Å². The second-order valence-electron chi connectivity index (χ2n) is 9.86. The topological polar surface area (TPSA) is 126 Å². The molecular weight excluding hydrogens is 416 g/mol. The molecule has 4 N–H and O–H groups in total. The van der Waals surface area contributed by atoms with Crippen molar-refractivity contribution in [3.05, 3.63) is 23.8 Å². The maximum atomic E-state index is 13.4. The van der Waals surface area contributed by atoms with Crippen LogP contribution in [0.1, 0.15) is 27.2 Å². The molecule has 8 heteroatoms. The standard InChI is InChI=1S/C24H36O8/c1-5-13-19(27)18-14-6-7-16-15(10-30-4)23(29)31-21(17(26)9-25)11(2)8-12(3)24(16,18)32-22(14)20(13)28/h6-8,11,13-22,25-28H,5,9-10H2,1-4H3/b12-8-/t11-,13-,14-,15+,16-,17-,18+,19-,20-,21+,22-,24-/m1/s1. The molecule has 2 heterocycles. The average molecular weight is 453 g/mol. The summed E-state index contributed by atoms with van der Waals surface area (Å²) in [6, 6.07) is 0. The largest absolute Gasteiger partial charge is 0.459 e. The molecule has 2 fully saturated rings. The predicted octanol–water partition coefficient (Wildman–Crippen LogP) is 0.428. The van der Waals surface area contributed by atoms with Crippen LogP contribution < -0.4 is 0 Å². The molecular formula is C24H36O8. The summed E-state index contributed by atoms with van der Waals surface area (Å²) in [7, 11) is 1.51. The van der Waals surface area contributed by atoms with E-state index < -0.39 is 66.5 Å². The molecule has 1 saturated carbocycles.